The molecule has 0 aromatic carbocycles. The van der Waals surface area contributed by atoms with E-state index in [0.717, 1.165) is 12.7 Å². The lowest BCUT2D eigenvalue weighted by Crippen LogP contribution is -2.28. The Morgan fingerprint density at radius 3 is 2.08 bits per heavy atom. The predicted octanol–water partition coefficient (Wildman–Crippen LogP) is 1.83. The molecule has 0 radical (unpaired) electrons. The Kier molecular flexibility index (Phi) is 2.42. The van der Waals surface area contributed by atoms with Crippen molar-refractivity contribution in [3.8, 4) is 0 Å². The molecule has 5 heteroatoms. The van der Waals surface area contributed by atoms with Gasteiger partial charge in [0.25, 0.3) is 10.1 Å². The summed E-state index contributed by atoms with van der Waals surface area (Å²) in [6.45, 7) is 8.63. The van der Waals surface area contributed by atoms with Gasteiger partial charge >= 0.3 is 0 Å². The molecule has 1 fully saturated rings. The molecule has 13 heavy (non-hydrogen) atoms. The monoisotopic (exact) mass is 222 g/mol. The molecule has 1 aliphatic rings. The highest BCUT2D eigenvalue weighted by Gasteiger charge is 2.59. The predicted molar refractivity (Wildman–Crippen MR) is 56.0 cm³/mol. The first-order valence-electron chi connectivity index (χ1n) is 4.45. The highest BCUT2D eigenvalue weighted by molar-refractivity contribution is 7.86. The maximum atomic E-state index is 11.0. The second-order valence-electron chi connectivity index (χ2n) is 5.22. The molecule has 0 aromatic rings. The topological polar surface area (TPSA) is 43.4 Å². The molecule has 1 rings (SSSR count). The van der Waals surface area contributed by atoms with Gasteiger partial charge in [0.2, 0.25) is 0 Å². The van der Waals surface area contributed by atoms with Crippen LogP contribution in [0.15, 0.2) is 0 Å². The fraction of sp³-hybridized carbons (Fsp3) is 1.00. The lowest BCUT2D eigenvalue weighted by molar-refractivity contribution is 0.210. The zero-order valence-electron chi connectivity index (χ0n) is 8.92. The summed E-state index contributed by atoms with van der Waals surface area (Å²) in [6, 6.07) is 0. The molecule has 0 spiro atoms. The fourth-order valence-corrected chi connectivity index (χ4v) is 5.88. The van der Waals surface area contributed by atoms with Gasteiger partial charge in [-0.05, 0) is 18.9 Å². The van der Waals surface area contributed by atoms with Crippen molar-refractivity contribution in [1.29, 1.82) is 0 Å². The summed E-state index contributed by atoms with van der Waals surface area (Å²) < 4.78 is 27.0. The van der Waals surface area contributed by atoms with Crippen LogP contribution < -0.4 is 0 Å². The van der Waals surface area contributed by atoms with Crippen LogP contribution in [0.4, 0.5) is 0 Å². The van der Waals surface area contributed by atoms with E-state index >= 15 is 0 Å². The molecule has 0 N–H and O–H groups in total. The number of hydrogen-bond acceptors (Lipinski definition) is 3. The summed E-state index contributed by atoms with van der Waals surface area (Å²) in [6.07, 6.45) is 2.02. The normalized spacial score (nSPS) is 34.7. The molecule has 0 aromatic heterocycles. The van der Waals surface area contributed by atoms with Gasteiger partial charge in [-0.25, -0.2) is 0 Å². The van der Waals surface area contributed by atoms with Crippen molar-refractivity contribution in [3.63, 3.8) is 0 Å². The molecule has 0 unspecified atom stereocenters. The molecule has 0 aliphatic heterocycles. The molecule has 3 nitrogen and oxygen atoms in total. The Morgan fingerprint density at radius 2 is 1.85 bits per heavy atom. The minimum Gasteiger partial charge on any atom is -0.264 e. The zero-order chi connectivity index (χ0) is 10.5. The molecule has 2 atom stereocenters. The van der Waals surface area contributed by atoms with Crippen molar-refractivity contribution < 1.29 is 12.6 Å². The van der Waals surface area contributed by atoms with E-state index in [1.54, 1.807) is 0 Å². The average Bonchev–Trinajstić information content (AvgIpc) is 2.33. The average molecular weight is 222 g/mol. The standard InChI is InChI=1S/C8H18O3SSi/c1-8(11-12(2,9)10)6-7(8)13(3,4)5/h7H,6H2,1-5H3/t7-,8-/m1/s1. The Labute approximate surface area is 81.6 Å². The van der Waals surface area contributed by atoms with E-state index in [9.17, 15) is 8.42 Å². The first-order chi connectivity index (χ1) is 5.55. The second kappa shape index (κ2) is 2.81. The molecule has 78 valence electrons. The summed E-state index contributed by atoms with van der Waals surface area (Å²) in [4.78, 5) is 0. The van der Waals surface area contributed by atoms with Crippen LogP contribution in [0.3, 0.4) is 0 Å². The summed E-state index contributed by atoms with van der Waals surface area (Å²) >= 11 is 0. The van der Waals surface area contributed by atoms with E-state index in [2.05, 4.69) is 19.6 Å². The van der Waals surface area contributed by atoms with Crippen molar-refractivity contribution in [3.05, 3.63) is 0 Å². The molecule has 0 saturated heterocycles. The van der Waals surface area contributed by atoms with Gasteiger partial charge in [0.15, 0.2) is 0 Å². The van der Waals surface area contributed by atoms with Crippen LogP contribution in [-0.4, -0.2) is 28.3 Å². The van der Waals surface area contributed by atoms with Crippen LogP contribution in [0.2, 0.25) is 25.2 Å². The minimum atomic E-state index is -3.29. The largest absolute Gasteiger partial charge is 0.264 e. The summed E-state index contributed by atoms with van der Waals surface area (Å²) in [5, 5.41) is 0. The summed E-state index contributed by atoms with van der Waals surface area (Å²) in [7, 11) is -4.54. The van der Waals surface area contributed by atoms with Crippen LogP contribution in [0.5, 0.6) is 0 Å². The second-order valence-corrected chi connectivity index (χ2v) is 12.2. The van der Waals surface area contributed by atoms with Crippen LogP contribution >= 0.6 is 0 Å². The van der Waals surface area contributed by atoms with E-state index in [1.807, 2.05) is 6.92 Å². The van der Waals surface area contributed by atoms with Gasteiger partial charge in [-0.15, -0.1) is 0 Å². The quantitative estimate of drug-likeness (QED) is 0.540. The number of hydrogen-bond donors (Lipinski definition) is 0. The SMILES string of the molecule is C[C@@]1(OS(C)(=O)=O)C[C@H]1[Si](C)(C)C. The van der Waals surface area contributed by atoms with Gasteiger partial charge in [-0.3, -0.25) is 4.18 Å². The Morgan fingerprint density at radius 1 is 1.38 bits per heavy atom. The van der Waals surface area contributed by atoms with Crippen LogP contribution in [0.1, 0.15) is 13.3 Å². The van der Waals surface area contributed by atoms with E-state index in [0.29, 0.717) is 5.54 Å². The third kappa shape index (κ3) is 2.79. The maximum absolute atomic E-state index is 11.0. The third-order valence-corrected chi connectivity index (χ3v) is 6.16. The van der Waals surface area contributed by atoms with Gasteiger partial charge in [0.05, 0.1) is 19.9 Å². The Bertz CT molecular complexity index is 304. The van der Waals surface area contributed by atoms with Crippen LogP contribution in [-0.2, 0) is 14.3 Å². The van der Waals surface area contributed by atoms with E-state index in [4.69, 9.17) is 4.18 Å². The molecule has 1 aliphatic carbocycles. The van der Waals surface area contributed by atoms with Gasteiger partial charge in [0, 0.05) is 0 Å². The van der Waals surface area contributed by atoms with E-state index in [1.165, 1.54) is 0 Å². The van der Waals surface area contributed by atoms with E-state index < -0.39 is 23.8 Å². The fourth-order valence-electron chi connectivity index (χ4n) is 2.01. The number of rotatable bonds is 3. The lowest BCUT2D eigenvalue weighted by atomic mass is 10.4. The zero-order valence-corrected chi connectivity index (χ0v) is 10.7. The van der Waals surface area contributed by atoms with Crippen molar-refractivity contribution in [1.82, 2.24) is 0 Å². The molecule has 0 amide bonds. The first-order valence-corrected chi connectivity index (χ1v) is 9.85. The minimum absolute atomic E-state index is 0.391. The van der Waals surface area contributed by atoms with Gasteiger partial charge in [-0.1, -0.05) is 19.6 Å². The Balaban J connectivity index is 2.67. The third-order valence-electron chi connectivity index (χ3n) is 2.57. The molecule has 1 saturated carbocycles. The first kappa shape index (κ1) is 11.2. The van der Waals surface area contributed by atoms with Gasteiger partial charge in [-0.2, -0.15) is 8.42 Å². The molecular weight excluding hydrogens is 204 g/mol. The van der Waals surface area contributed by atoms with Crippen molar-refractivity contribution in [2.75, 3.05) is 6.26 Å². The highest BCUT2D eigenvalue weighted by Crippen LogP contribution is 2.58. The highest BCUT2D eigenvalue weighted by atomic mass is 32.2. The molecular formula is C8H18O3SSi. The lowest BCUT2D eigenvalue weighted by Gasteiger charge is -2.19. The van der Waals surface area contributed by atoms with Gasteiger partial charge < -0.3 is 0 Å². The maximum Gasteiger partial charge on any atom is 0.264 e. The van der Waals surface area contributed by atoms with Crippen LogP contribution in [0.25, 0.3) is 0 Å². The van der Waals surface area contributed by atoms with Crippen molar-refractivity contribution >= 4 is 18.2 Å². The van der Waals surface area contributed by atoms with Gasteiger partial charge in [0.1, 0.15) is 0 Å². The summed E-state index contributed by atoms with van der Waals surface area (Å²) in [5.74, 6) is 0. The smallest absolute Gasteiger partial charge is 0.264 e. The Hall–Kier alpha value is 0.127. The van der Waals surface area contributed by atoms with Crippen molar-refractivity contribution in [2.45, 2.75) is 44.1 Å². The van der Waals surface area contributed by atoms with Crippen molar-refractivity contribution in [2.24, 2.45) is 0 Å². The molecule has 0 heterocycles. The summed E-state index contributed by atoms with van der Waals surface area (Å²) in [5.41, 5.74) is 0.0904. The molecule has 0 bridgehead atoms. The van der Waals surface area contributed by atoms with E-state index in [-0.39, 0.29) is 0 Å². The van der Waals surface area contributed by atoms with Crippen LogP contribution in [0, 0.1) is 0 Å².